The lowest BCUT2D eigenvalue weighted by Gasteiger charge is -2.25. The van der Waals surface area contributed by atoms with Crippen molar-refractivity contribution in [3.8, 4) is 22.5 Å². The highest BCUT2D eigenvalue weighted by molar-refractivity contribution is 6.25. The highest BCUT2D eigenvalue weighted by Gasteiger charge is 2.18. The van der Waals surface area contributed by atoms with Gasteiger partial charge in [-0.25, -0.2) is 0 Å². The molecule has 20 aromatic carbocycles. The van der Waals surface area contributed by atoms with Crippen molar-refractivity contribution >= 4 is 126 Å². The number of anilines is 5. The summed E-state index contributed by atoms with van der Waals surface area (Å²) in [5.41, 5.74) is 21.7. The topological polar surface area (TPSA) is 21.3 Å². The van der Waals surface area contributed by atoms with E-state index in [0.717, 1.165) is 12.3 Å². The molecule has 24 rings (SSSR count). The van der Waals surface area contributed by atoms with E-state index in [2.05, 4.69) is 535 Å². The Kier molecular flexibility index (Phi) is 41.5. The van der Waals surface area contributed by atoms with Gasteiger partial charge in [0.25, 0.3) is 0 Å². The van der Waals surface area contributed by atoms with E-state index in [1.807, 2.05) is 108 Å². The van der Waals surface area contributed by atoms with Crippen molar-refractivity contribution in [2.75, 3.05) is 16.8 Å². The van der Waals surface area contributed by atoms with Gasteiger partial charge >= 0.3 is 0 Å². The molecule has 694 valence electrons. The molecule has 138 heavy (non-hydrogen) atoms. The minimum absolute atomic E-state index is 0.833. The molecule has 1 aliphatic rings. The predicted octanol–water partition coefficient (Wildman–Crippen LogP) is 39.2. The molecule has 5 nitrogen and oxygen atoms in total. The van der Waals surface area contributed by atoms with Crippen LogP contribution in [0.25, 0.3) is 120 Å². The Morgan fingerprint density at radius 2 is 0.362 bits per heavy atom. The molecule has 0 fully saturated rings. The number of para-hydroxylation sites is 13. The van der Waals surface area contributed by atoms with Crippen LogP contribution in [0.2, 0.25) is 0 Å². The Morgan fingerprint density at radius 1 is 0.203 bits per heavy atom. The van der Waals surface area contributed by atoms with Gasteiger partial charge in [-0.2, -0.15) is 0 Å². The molecule has 3 aromatic heterocycles. The van der Waals surface area contributed by atoms with Crippen molar-refractivity contribution in [2.24, 2.45) is 13.0 Å². The highest BCUT2D eigenvalue weighted by atomic mass is 15.1. The van der Waals surface area contributed by atoms with Gasteiger partial charge in [0, 0.05) is 97.3 Å². The molecule has 0 unspecified atom stereocenters. The van der Waals surface area contributed by atoms with Crippen LogP contribution in [0.15, 0.2) is 516 Å². The molecule has 0 aliphatic heterocycles. The van der Waals surface area contributed by atoms with E-state index in [1.54, 1.807) is 0 Å². The third kappa shape index (κ3) is 27.1. The average Bonchev–Trinajstić information content (AvgIpc) is 1.43. The highest BCUT2D eigenvalue weighted by Crippen LogP contribution is 2.40. The Morgan fingerprint density at radius 3 is 0.594 bits per heavy atom. The summed E-state index contributed by atoms with van der Waals surface area (Å²) in [6, 6.07) is 180. The largest absolute Gasteiger partial charge is 0.345 e. The van der Waals surface area contributed by atoms with Crippen LogP contribution in [0, 0.1) is 5.92 Å². The van der Waals surface area contributed by atoms with Crippen molar-refractivity contribution in [1.29, 1.82) is 0 Å². The van der Waals surface area contributed by atoms with Gasteiger partial charge in [-0.3, -0.25) is 0 Å². The molecule has 0 atom stereocenters. The lowest BCUT2D eigenvalue weighted by molar-refractivity contribution is 0.737. The van der Waals surface area contributed by atoms with E-state index in [1.165, 1.54) is 173 Å². The van der Waals surface area contributed by atoms with Gasteiger partial charge in [0.2, 0.25) is 0 Å². The normalized spacial score (nSPS) is 10.2. The number of hydrogen-bond donors (Lipinski definition) is 0. The maximum absolute atomic E-state index is 2.32. The van der Waals surface area contributed by atoms with Crippen molar-refractivity contribution in [3.05, 3.63) is 527 Å². The first-order chi connectivity index (χ1) is 68.1. The first-order valence-electron chi connectivity index (χ1n) is 49.3. The number of aryl methyl sites for hydroxylation is 1. The van der Waals surface area contributed by atoms with Crippen molar-refractivity contribution in [3.63, 3.8) is 0 Å². The second-order valence-corrected chi connectivity index (χ2v) is 33.0. The van der Waals surface area contributed by atoms with Gasteiger partial charge in [0.1, 0.15) is 0 Å². The quantitative estimate of drug-likeness (QED) is 0.148. The molecule has 1 aliphatic carbocycles. The maximum Gasteiger partial charge on any atom is 0.0541 e. The Hall–Kier alpha value is -15.8. The van der Waals surface area contributed by atoms with E-state index < -0.39 is 0 Å². The molecule has 23 aromatic rings. The van der Waals surface area contributed by atoms with Gasteiger partial charge in [-0.15, -0.1) is 0 Å². The standard InChI is InChI=1S/2C18H13N.C18H15N.C18H12.C13H11N.C13H13N.C13H10.C6H6.C4H10.2C3H8.3C2H6/c2*1-2-8-14(9-3-1)19-17-12-6-4-10-15(17)16-11-5-7-13-18(16)19;1-4-10-16(11-5-1)19(17-12-6-2-7-13-17)18-14-8-3-9-15-18;1-2-8-14-13(7-1)15-9-3-4-11-17(15)18-12-6-5-10-16(14)18;1-14-12-8-4-2-6-10(12)11-7-3-5-9-13(11)14;1-14(12-8-4-2-5-9-12)13-10-6-3-7-11-13;1-3-7-12-10(5-1)9-11-6-2-4-8-13(11)12;1-2-4-6-5-3-1;1-4(2)3;2*1-3-2;3*1-2/h2*1-13H;1-15H;1-12H;2-9H,1H3;2-11H,1H3;1-8H,9H2;1-6H;4H,1-3H3;2*3H2,1-2H3;3*1-2H3. The summed E-state index contributed by atoms with van der Waals surface area (Å²) in [4.78, 5) is 4.42. The van der Waals surface area contributed by atoms with Gasteiger partial charge in [-0.05, 0) is 188 Å². The predicted molar refractivity (Wildman–Crippen MR) is 611 cm³/mol. The van der Waals surface area contributed by atoms with Crippen molar-refractivity contribution in [2.45, 2.75) is 109 Å². The Bertz CT molecular complexity index is 6660. The van der Waals surface area contributed by atoms with Gasteiger partial charge in [-0.1, -0.05) is 497 Å². The summed E-state index contributed by atoms with van der Waals surface area (Å²) in [5, 5.41) is 15.9. The van der Waals surface area contributed by atoms with Crippen LogP contribution in [0.1, 0.15) is 114 Å². The van der Waals surface area contributed by atoms with Gasteiger partial charge in [0.05, 0.1) is 22.1 Å². The number of fused-ring (bicyclic) bond motifs is 18. The molecule has 3 heterocycles. The number of nitrogens with zero attached hydrogens (tertiary/aromatic N) is 5. The van der Waals surface area contributed by atoms with E-state index in [9.17, 15) is 0 Å². The fraction of sp³-hybridized carbons (Fsp3) is 0.143. The van der Waals surface area contributed by atoms with Crippen molar-refractivity contribution in [1.82, 2.24) is 13.7 Å². The molecule has 0 amide bonds. The number of benzene rings is 20. The molecule has 0 saturated carbocycles. The second kappa shape index (κ2) is 55.8. The number of rotatable bonds is 7. The zero-order chi connectivity index (χ0) is 97.4. The number of hydrogen-bond acceptors (Lipinski definition) is 2. The minimum atomic E-state index is 0.833. The van der Waals surface area contributed by atoms with Crippen LogP contribution in [-0.4, -0.2) is 20.7 Å². The van der Waals surface area contributed by atoms with Crippen LogP contribution in [0.3, 0.4) is 0 Å². The summed E-state index contributed by atoms with van der Waals surface area (Å²) in [6.45, 7) is 27.0. The third-order valence-electron chi connectivity index (χ3n) is 22.4. The van der Waals surface area contributed by atoms with Crippen LogP contribution in [0.5, 0.6) is 0 Å². The van der Waals surface area contributed by atoms with Crippen LogP contribution in [0.4, 0.5) is 28.4 Å². The lowest BCUT2D eigenvalue weighted by atomic mass is 9.95. The molecule has 0 N–H and O–H groups in total. The molecular formula is C133H137N5. The fourth-order valence-corrected chi connectivity index (χ4v) is 16.6. The summed E-state index contributed by atoms with van der Waals surface area (Å²) in [7, 11) is 4.19. The summed E-state index contributed by atoms with van der Waals surface area (Å²) in [6.07, 6.45) is 3.60. The number of aromatic nitrogens is 3. The second-order valence-electron chi connectivity index (χ2n) is 33.0. The minimum Gasteiger partial charge on any atom is -0.345 e. The van der Waals surface area contributed by atoms with Crippen LogP contribution in [-0.2, 0) is 13.5 Å². The summed E-state index contributed by atoms with van der Waals surface area (Å²) >= 11 is 0. The van der Waals surface area contributed by atoms with Crippen LogP contribution < -0.4 is 9.80 Å². The summed E-state index contributed by atoms with van der Waals surface area (Å²) < 4.78 is 6.89. The fourth-order valence-electron chi connectivity index (χ4n) is 16.6. The Labute approximate surface area is 822 Å². The SMILES string of the molecule is CC.CC.CC.CC(C)C.CCC.CCC.CN(c1ccccc1)c1ccccc1.Cn1c2ccccc2c2ccccc21.c1ccc(-n2c3ccccc3c3ccccc32)cc1.c1ccc(-n2c3ccccc3c3ccccc32)cc1.c1ccc(N(c2ccccc2)c2ccccc2)cc1.c1ccc2c(c1)Cc1ccccc1-2.c1ccc2c(c1)c1ccccc1c1ccccc21.c1ccccc1. The van der Waals surface area contributed by atoms with E-state index in [0.29, 0.717) is 0 Å². The van der Waals surface area contributed by atoms with Gasteiger partial charge in [0.15, 0.2) is 0 Å². The first-order valence-corrected chi connectivity index (χ1v) is 49.3. The molecular weight excluding hydrogens is 1670 g/mol. The monoisotopic (exact) mass is 1800 g/mol. The van der Waals surface area contributed by atoms with Crippen molar-refractivity contribution < 1.29 is 0 Å². The lowest BCUT2D eigenvalue weighted by Crippen LogP contribution is -2.09. The molecule has 5 heteroatoms. The van der Waals surface area contributed by atoms with Crippen LogP contribution >= 0.6 is 0 Å². The average molecular weight is 1810 g/mol. The third-order valence-corrected chi connectivity index (χ3v) is 22.4. The zero-order valence-corrected chi connectivity index (χ0v) is 83.5. The van der Waals surface area contributed by atoms with Gasteiger partial charge < -0.3 is 23.5 Å². The first kappa shape index (κ1) is 103. The van der Waals surface area contributed by atoms with E-state index in [4.69, 9.17) is 0 Å². The molecule has 0 spiro atoms. The summed E-state index contributed by atoms with van der Waals surface area (Å²) in [5.74, 6) is 0.833. The molecule has 0 saturated heterocycles. The molecule has 0 radical (unpaired) electrons. The Balaban J connectivity index is 0.000000149. The maximum atomic E-state index is 2.32. The smallest absolute Gasteiger partial charge is 0.0541 e. The zero-order valence-electron chi connectivity index (χ0n) is 83.5. The van der Waals surface area contributed by atoms with E-state index >= 15 is 0 Å². The van der Waals surface area contributed by atoms with E-state index in [-0.39, 0.29) is 0 Å². The molecule has 0 bridgehead atoms.